The van der Waals surface area contributed by atoms with Gasteiger partial charge in [0, 0.05) is 16.3 Å². The van der Waals surface area contributed by atoms with E-state index in [4.69, 9.17) is 44.0 Å². The van der Waals surface area contributed by atoms with Crippen LogP contribution in [0.1, 0.15) is 26.3 Å². The van der Waals surface area contributed by atoms with E-state index in [1.807, 2.05) is 0 Å². The molecule has 0 radical (unpaired) electrons. The minimum atomic E-state index is -4.94. The molecule has 0 bridgehead atoms. The number of nitrogens with zero attached hydrogens (tertiary/aromatic N) is 3. The second-order valence-corrected chi connectivity index (χ2v) is 11.6. The molecule has 0 aliphatic carbocycles. The third kappa shape index (κ3) is 7.93. The molecule has 1 heterocycles. The highest BCUT2D eigenvalue weighted by Gasteiger charge is 2.33. The third-order valence-electron chi connectivity index (χ3n) is 4.60. The quantitative estimate of drug-likeness (QED) is 0.339. The lowest BCUT2D eigenvalue weighted by molar-refractivity contribution is 0.303. The fourth-order valence-electron chi connectivity index (χ4n) is 3.05. The van der Waals surface area contributed by atoms with E-state index in [0.29, 0.717) is 5.69 Å². The van der Waals surface area contributed by atoms with Gasteiger partial charge in [-0.15, -0.1) is 3.89 Å². The minimum absolute atomic E-state index is 0.0588. The van der Waals surface area contributed by atoms with Gasteiger partial charge in [-0.2, -0.15) is 21.8 Å². The summed E-state index contributed by atoms with van der Waals surface area (Å²) in [6.45, 7) is 4.71. The maximum Gasteiger partial charge on any atom is 0.332 e. The fourth-order valence-corrected chi connectivity index (χ4v) is 4.14. The van der Waals surface area contributed by atoms with E-state index in [-0.39, 0.29) is 45.6 Å². The van der Waals surface area contributed by atoms with Crippen molar-refractivity contribution in [3.05, 3.63) is 52.0 Å². The number of hydrogen-bond donors (Lipinski definition) is 3. The number of nitrogens with two attached hydrogens (primary N) is 2. The second kappa shape index (κ2) is 11.2. The monoisotopic (exact) mass is 583 g/mol. The van der Waals surface area contributed by atoms with Gasteiger partial charge in [-0.25, -0.2) is 4.99 Å². The first kappa shape index (κ1) is 29.6. The lowest BCUT2D eigenvalue weighted by Gasteiger charge is -2.38. The maximum atomic E-state index is 13.5. The normalized spacial score (nSPS) is 15.4. The number of aliphatic imine (C=N–C) groups is 2. The van der Waals surface area contributed by atoms with Gasteiger partial charge >= 0.3 is 10.2 Å². The van der Waals surface area contributed by atoms with E-state index in [1.165, 1.54) is 19.1 Å². The maximum absolute atomic E-state index is 13.5. The van der Waals surface area contributed by atoms with E-state index in [0.717, 1.165) is 6.07 Å². The van der Waals surface area contributed by atoms with Crippen molar-refractivity contribution in [1.29, 1.82) is 0 Å². The first-order valence-corrected chi connectivity index (χ1v) is 13.8. The molecule has 5 N–H and O–H groups in total. The van der Waals surface area contributed by atoms with Crippen LogP contribution in [0.2, 0.25) is 10.0 Å². The molecule has 0 spiro atoms. The molecular formula is C20H24Cl2FN5O6S2. The number of benzene rings is 2. The van der Waals surface area contributed by atoms with Crippen LogP contribution in [0.25, 0.3) is 0 Å². The standard InChI is InChI=1S/C18H18Cl2FN5O3S.C2H6O3S/c1-18(2)25-16(22)24-17(23)26(18)12-4-5-14(13(20)8-12)29-9-10-7-11(19)3-6-15(10)30(21,27)28;1-2-6(3,4)5/h3-8H,9H2,1-2H3,(H4,22,23,24,25);2H2,1H3,(H,3,4,5). The fraction of sp³-hybridized carbons (Fsp3) is 0.300. The molecule has 0 amide bonds. The summed E-state index contributed by atoms with van der Waals surface area (Å²) in [6.07, 6.45) is 0. The van der Waals surface area contributed by atoms with Crippen LogP contribution in [-0.2, 0) is 26.9 Å². The van der Waals surface area contributed by atoms with Crippen LogP contribution in [0.15, 0.2) is 51.3 Å². The van der Waals surface area contributed by atoms with Gasteiger partial charge in [0.1, 0.15) is 22.9 Å². The topological polar surface area (TPSA) is 178 Å². The van der Waals surface area contributed by atoms with Gasteiger partial charge in [-0.1, -0.05) is 23.2 Å². The van der Waals surface area contributed by atoms with E-state index in [9.17, 15) is 20.7 Å². The molecule has 11 nitrogen and oxygen atoms in total. The predicted octanol–water partition coefficient (Wildman–Crippen LogP) is 3.31. The van der Waals surface area contributed by atoms with Gasteiger partial charge in [0.15, 0.2) is 0 Å². The molecule has 2 aromatic carbocycles. The van der Waals surface area contributed by atoms with E-state index in [2.05, 4.69) is 9.98 Å². The molecule has 3 rings (SSSR count). The summed E-state index contributed by atoms with van der Waals surface area (Å²) in [5, 5.41) is 0.453. The SMILES string of the molecule is CC1(C)N=C(N)N=C(N)N1c1ccc(OCc2cc(Cl)ccc2S(=O)(=O)F)c(Cl)c1.CCS(=O)(=O)O. The lowest BCUT2D eigenvalue weighted by Crippen LogP contribution is -2.54. The van der Waals surface area contributed by atoms with Gasteiger partial charge in [0.05, 0.1) is 10.8 Å². The summed E-state index contributed by atoms with van der Waals surface area (Å²) in [5.41, 5.74) is 11.5. The molecule has 0 fully saturated rings. The molecule has 0 saturated heterocycles. The van der Waals surface area contributed by atoms with E-state index in [1.54, 1.807) is 36.9 Å². The number of ether oxygens (including phenoxy) is 1. The summed E-state index contributed by atoms with van der Waals surface area (Å²) in [6, 6.07) is 8.49. The molecule has 0 saturated carbocycles. The Hall–Kier alpha value is -2.65. The summed E-state index contributed by atoms with van der Waals surface area (Å²) in [4.78, 5) is 9.36. The predicted molar refractivity (Wildman–Crippen MR) is 137 cm³/mol. The number of hydrogen-bond acceptors (Lipinski definition) is 10. The van der Waals surface area contributed by atoms with Crippen LogP contribution in [0.5, 0.6) is 5.75 Å². The summed E-state index contributed by atoms with van der Waals surface area (Å²) in [5.74, 6) is 0.261. The number of halogens is 3. The van der Waals surface area contributed by atoms with Crippen molar-refractivity contribution in [3.8, 4) is 5.75 Å². The molecule has 0 unspecified atom stereocenters. The van der Waals surface area contributed by atoms with Crippen LogP contribution in [-0.4, -0.2) is 44.7 Å². The Labute approximate surface area is 218 Å². The Morgan fingerprint density at radius 3 is 2.22 bits per heavy atom. The Kier molecular flexibility index (Phi) is 9.18. The van der Waals surface area contributed by atoms with Crippen LogP contribution in [0.3, 0.4) is 0 Å². The zero-order valence-corrected chi connectivity index (χ0v) is 22.5. The highest BCUT2D eigenvalue weighted by molar-refractivity contribution is 7.86. The van der Waals surface area contributed by atoms with Gasteiger partial charge < -0.3 is 16.2 Å². The molecule has 2 aromatic rings. The van der Waals surface area contributed by atoms with Crippen molar-refractivity contribution in [1.82, 2.24) is 0 Å². The van der Waals surface area contributed by atoms with Crippen molar-refractivity contribution < 1.29 is 30.0 Å². The van der Waals surface area contributed by atoms with Gasteiger partial charge in [0.25, 0.3) is 10.1 Å². The minimum Gasteiger partial charge on any atom is -0.487 e. The number of anilines is 1. The first-order valence-electron chi connectivity index (χ1n) is 10.0. The first-order chi connectivity index (χ1) is 16.4. The highest BCUT2D eigenvalue weighted by Crippen LogP contribution is 2.34. The summed E-state index contributed by atoms with van der Waals surface area (Å²) >= 11 is 12.2. The van der Waals surface area contributed by atoms with Crippen LogP contribution < -0.4 is 21.1 Å². The summed E-state index contributed by atoms with van der Waals surface area (Å²) in [7, 11) is -8.60. The van der Waals surface area contributed by atoms with Crippen molar-refractivity contribution in [3.63, 3.8) is 0 Å². The molecular weight excluding hydrogens is 560 g/mol. The third-order valence-corrected chi connectivity index (χ3v) is 6.78. The lowest BCUT2D eigenvalue weighted by atomic mass is 10.1. The van der Waals surface area contributed by atoms with Crippen LogP contribution in [0, 0.1) is 0 Å². The van der Waals surface area contributed by atoms with Gasteiger partial charge in [0.2, 0.25) is 11.9 Å². The van der Waals surface area contributed by atoms with Crippen molar-refractivity contribution >= 4 is 61.1 Å². The Bertz CT molecular complexity index is 1420. The average Bonchev–Trinajstić information content (AvgIpc) is 2.70. The molecule has 198 valence electrons. The molecule has 1 aliphatic heterocycles. The van der Waals surface area contributed by atoms with Gasteiger partial charge in [-0.05, 0) is 57.2 Å². The molecule has 16 heteroatoms. The Balaban J connectivity index is 0.000000678. The number of guanidine groups is 2. The Morgan fingerprint density at radius 2 is 1.72 bits per heavy atom. The number of rotatable bonds is 6. The zero-order valence-electron chi connectivity index (χ0n) is 19.3. The average molecular weight is 584 g/mol. The van der Waals surface area contributed by atoms with E-state index >= 15 is 0 Å². The van der Waals surface area contributed by atoms with Crippen LogP contribution >= 0.6 is 23.2 Å². The second-order valence-electron chi connectivity index (χ2n) is 7.73. The van der Waals surface area contributed by atoms with Crippen LogP contribution in [0.4, 0.5) is 9.57 Å². The van der Waals surface area contributed by atoms with Crippen molar-refractivity contribution in [2.45, 2.75) is 37.9 Å². The van der Waals surface area contributed by atoms with E-state index < -0.39 is 30.9 Å². The molecule has 1 aliphatic rings. The molecule has 0 aromatic heterocycles. The highest BCUT2D eigenvalue weighted by atomic mass is 35.5. The zero-order chi connectivity index (χ0) is 27.5. The molecule has 0 atom stereocenters. The smallest absolute Gasteiger partial charge is 0.332 e. The van der Waals surface area contributed by atoms with Crippen molar-refractivity contribution in [2.75, 3.05) is 10.7 Å². The van der Waals surface area contributed by atoms with Gasteiger partial charge in [-0.3, -0.25) is 9.45 Å². The van der Waals surface area contributed by atoms with Crippen molar-refractivity contribution in [2.24, 2.45) is 21.5 Å². The summed E-state index contributed by atoms with van der Waals surface area (Å²) < 4.78 is 68.7. The molecule has 36 heavy (non-hydrogen) atoms. The Morgan fingerprint density at radius 1 is 1.11 bits per heavy atom. The largest absolute Gasteiger partial charge is 0.487 e.